The highest BCUT2D eigenvalue weighted by Crippen LogP contribution is 2.28. The van der Waals surface area contributed by atoms with Gasteiger partial charge in [-0.1, -0.05) is 17.7 Å². The molecule has 0 aliphatic carbocycles. The Labute approximate surface area is 127 Å². The summed E-state index contributed by atoms with van der Waals surface area (Å²) in [4.78, 5) is 3.51. The molecular formula is C14H20ClFN2OS. The lowest BCUT2D eigenvalue weighted by atomic mass is 10.0. The van der Waals surface area contributed by atoms with Crippen LogP contribution < -0.4 is 4.72 Å². The molecule has 1 N–H and O–H groups in total. The van der Waals surface area contributed by atoms with Crippen LogP contribution in [0.1, 0.15) is 45.2 Å². The summed E-state index contributed by atoms with van der Waals surface area (Å²) in [6.07, 6.45) is 4.47. The van der Waals surface area contributed by atoms with E-state index >= 15 is 0 Å². The smallest absolute Gasteiger partial charge is 0.231 e. The Morgan fingerprint density at radius 3 is 2.80 bits per heavy atom. The highest BCUT2D eigenvalue weighted by Gasteiger charge is 2.25. The summed E-state index contributed by atoms with van der Waals surface area (Å²) in [6, 6.07) is 1.34. The Morgan fingerprint density at radius 1 is 1.60 bits per heavy atom. The van der Waals surface area contributed by atoms with Crippen molar-refractivity contribution in [1.29, 1.82) is 0 Å². The molecule has 0 aliphatic heterocycles. The van der Waals surface area contributed by atoms with Crippen LogP contribution >= 0.6 is 11.6 Å². The van der Waals surface area contributed by atoms with E-state index in [2.05, 4.69) is 16.3 Å². The van der Waals surface area contributed by atoms with E-state index in [0.29, 0.717) is 18.4 Å². The van der Waals surface area contributed by atoms with Gasteiger partial charge < -0.3 is 0 Å². The molecule has 0 amide bonds. The summed E-state index contributed by atoms with van der Waals surface area (Å²) >= 11 is 5.96. The highest BCUT2D eigenvalue weighted by molar-refractivity contribution is 7.84. The van der Waals surface area contributed by atoms with E-state index in [-0.39, 0.29) is 11.1 Å². The largest absolute Gasteiger partial charge is 0.242 e. The van der Waals surface area contributed by atoms with Crippen molar-refractivity contribution >= 4 is 22.6 Å². The van der Waals surface area contributed by atoms with Crippen LogP contribution in [0.15, 0.2) is 24.9 Å². The van der Waals surface area contributed by atoms with Gasteiger partial charge in [0, 0.05) is 12.2 Å². The summed E-state index contributed by atoms with van der Waals surface area (Å²) < 4.78 is 28.3. The first kappa shape index (κ1) is 17.3. The summed E-state index contributed by atoms with van der Waals surface area (Å²) in [5, 5.41) is -0.0278. The number of hydrogen-bond donors (Lipinski definition) is 1. The van der Waals surface area contributed by atoms with Gasteiger partial charge in [-0.05, 0) is 45.2 Å². The van der Waals surface area contributed by atoms with Crippen LogP contribution in [0.4, 0.5) is 4.39 Å². The molecule has 112 valence electrons. The van der Waals surface area contributed by atoms with Crippen molar-refractivity contribution in [1.82, 2.24) is 9.71 Å². The second-order valence-corrected chi connectivity index (χ2v) is 7.80. The number of hydrogen-bond acceptors (Lipinski definition) is 2. The molecule has 0 saturated heterocycles. The Kier molecular flexibility index (Phi) is 6.30. The number of nitrogens with one attached hydrogen (secondary N) is 1. The monoisotopic (exact) mass is 318 g/mol. The van der Waals surface area contributed by atoms with Crippen molar-refractivity contribution < 1.29 is 8.60 Å². The van der Waals surface area contributed by atoms with Gasteiger partial charge in [-0.3, -0.25) is 0 Å². The minimum absolute atomic E-state index is 0.0278. The van der Waals surface area contributed by atoms with Gasteiger partial charge in [0.1, 0.15) is 5.02 Å². The molecule has 6 heteroatoms. The zero-order valence-electron chi connectivity index (χ0n) is 12.0. The predicted molar refractivity (Wildman–Crippen MR) is 82.4 cm³/mol. The first-order valence-electron chi connectivity index (χ1n) is 6.36. The fraction of sp³-hybridized carbons (Fsp3) is 0.500. The van der Waals surface area contributed by atoms with Gasteiger partial charge in [-0.2, -0.15) is 4.39 Å². The Balaban J connectivity index is 3.03. The van der Waals surface area contributed by atoms with E-state index in [0.717, 1.165) is 0 Å². The molecule has 0 fully saturated rings. The molecule has 2 atom stereocenters. The molecule has 1 unspecified atom stereocenters. The SMILES string of the molecule is C=CCC[C@H](NS(=O)C(C)(C)C)c1ccnc(F)c1Cl. The minimum atomic E-state index is -1.27. The van der Waals surface area contributed by atoms with Gasteiger partial charge in [0.25, 0.3) is 0 Å². The van der Waals surface area contributed by atoms with Crippen LogP contribution in [-0.2, 0) is 11.0 Å². The molecule has 0 spiro atoms. The molecule has 1 rings (SSSR count). The topological polar surface area (TPSA) is 42.0 Å². The van der Waals surface area contributed by atoms with Crippen molar-refractivity contribution in [2.45, 2.75) is 44.4 Å². The van der Waals surface area contributed by atoms with E-state index in [9.17, 15) is 8.60 Å². The number of halogens is 2. The van der Waals surface area contributed by atoms with Gasteiger partial charge in [-0.25, -0.2) is 13.9 Å². The molecule has 0 bridgehead atoms. The minimum Gasteiger partial charge on any atom is -0.242 e. The molecule has 1 aromatic heterocycles. The molecule has 0 saturated carbocycles. The van der Waals surface area contributed by atoms with Crippen LogP contribution in [-0.4, -0.2) is 13.9 Å². The zero-order valence-corrected chi connectivity index (χ0v) is 13.5. The van der Waals surface area contributed by atoms with Gasteiger partial charge in [0.2, 0.25) is 5.95 Å². The van der Waals surface area contributed by atoms with Crippen molar-refractivity contribution in [3.05, 3.63) is 41.5 Å². The normalized spacial score (nSPS) is 14.8. The fourth-order valence-corrected chi connectivity index (χ4v) is 2.67. The third kappa shape index (κ3) is 4.65. The molecule has 1 heterocycles. The van der Waals surface area contributed by atoms with E-state index in [1.807, 2.05) is 20.8 Å². The van der Waals surface area contributed by atoms with Gasteiger partial charge >= 0.3 is 0 Å². The maximum atomic E-state index is 13.5. The highest BCUT2D eigenvalue weighted by atomic mass is 35.5. The fourth-order valence-electron chi connectivity index (χ4n) is 1.57. The molecule has 1 aromatic rings. The molecule has 0 radical (unpaired) electrons. The van der Waals surface area contributed by atoms with Crippen LogP contribution in [0.25, 0.3) is 0 Å². The molecule has 0 aromatic carbocycles. The first-order valence-corrected chi connectivity index (χ1v) is 7.89. The maximum absolute atomic E-state index is 13.5. The number of pyridine rings is 1. The van der Waals surface area contributed by atoms with Crippen LogP contribution in [0.5, 0.6) is 0 Å². The van der Waals surface area contributed by atoms with Crippen LogP contribution in [0.2, 0.25) is 5.02 Å². The Hall–Kier alpha value is -0.780. The molecule has 3 nitrogen and oxygen atoms in total. The van der Waals surface area contributed by atoms with Gasteiger partial charge in [-0.15, -0.1) is 6.58 Å². The second kappa shape index (κ2) is 7.29. The van der Waals surface area contributed by atoms with Crippen LogP contribution in [0, 0.1) is 5.95 Å². The standard InChI is InChI=1S/C14H20ClFN2OS/c1-5-6-7-11(18-20(19)14(2,3)4)10-8-9-17-13(16)12(10)15/h5,8-9,11,18H,1,6-7H2,2-4H3/t11-,20?/m0/s1. The van der Waals surface area contributed by atoms with Gasteiger partial charge in [0.05, 0.1) is 15.7 Å². The molecule has 0 aliphatic rings. The third-order valence-electron chi connectivity index (χ3n) is 2.72. The lowest BCUT2D eigenvalue weighted by Crippen LogP contribution is -2.36. The van der Waals surface area contributed by atoms with Crippen LogP contribution in [0.3, 0.4) is 0 Å². The summed E-state index contributed by atoms with van der Waals surface area (Å²) in [6.45, 7) is 9.28. The Bertz CT molecular complexity index is 502. The second-order valence-electron chi connectivity index (χ2n) is 5.42. The molecular weight excluding hydrogens is 299 g/mol. The number of nitrogens with zero attached hydrogens (tertiary/aromatic N) is 1. The van der Waals surface area contributed by atoms with Crippen molar-refractivity contribution in [2.75, 3.05) is 0 Å². The van der Waals surface area contributed by atoms with E-state index < -0.39 is 21.7 Å². The third-order valence-corrected chi connectivity index (χ3v) is 4.70. The lowest BCUT2D eigenvalue weighted by Gasteiger charge is -2.25. The average molecular weight is 319 g/mol. The number of rotatable bonds is 6. The first-order chi connectivity index (χ1) is 9.27. The Morgan fingerprint density at radius 2 is 2.25 bits per heavy atom. The van der Waals surface area contributed by atoms with Crippen molar-refractivity contribution in [3.63, 3.8) is 0 Å². The van der Waals surface area contributed by atoms with E-state index in [1.54, 1.807) is 12.1 Å². The average Bonchev–Trinajstić information content (AvgIpc) is 2.36. The zero-order chi connectivity index (χ0) is 15.3. The van der Waals surface area contributed by atoms with Crippen molar-refractivity contribution in [3.8, 4) is 0 Å². The lowest BCUT2D eigenvalue weighted by molar-refractivity contribution is 0.554. The summed E-state index contributed by atoms with van der Waals surface area (Å²) in [5.41, 5.74) is 0.568. The van der Waals surface area contributed by atoms with Gasteiger partial charge in [0.15, 0.2) is 0 Å². The summed E-state index contributed by atoms with van der Waals surface area (Å²) in [5.74, 6) is -0.712. The van der Waals surface area contributed by atoms with Crippen molar-refractivity contribution in [2.24, 2.45) is 0 Å². The van der Waals surface area contributed by atoms with E-state index in [1.165, 1.54) is 6.20 Å². The number of allylic oxidation sites excluding steroid dienone is 1. The maximum Gasteiger partial charge on any atom is 0.231 e. The van der Waals surface area contributed by atoms with E-state index in [4.69, 9.17) is 11.6 Å². The summed E-state index contributed by atoms with van der Waals surface area (Å²) in [7, 11) is -1.27. The molecule has 20 heavy (non-hydrogen) atoms. The number of aromatic nitrogens is 1. The quantitative estimate of drug-likeness (QED) is 0.638. The predicted octanol–water partition coefficient (Wildman–Crippen LogP) is 3.93.